The second-order valence-corrected chi connectivity index (χ2v) is 12.4. The number of para-hydroxylation sites is 2. The van der Waals surface area contributed by atoms with Crippen LogP contribution in [-0.4, -0.2) is 77.4 Å². The summed E-state index contributed by atoms with van der Waals surface area (Å²) in [6.45, 7) is 7.82. The SMILES string of the molecule is COc1ccccc1N1CCN(C(=O)C(Nc2ccc3c(cc2=O)C(NC(C)=O)CCc2cc(OC)c(OC)c(OC)c2-3)C(C)C)CC1. The van der Waals surface area contributed by atoms with Gasteiger partial charge in [0.05, 0.1) is 45.9 Å². The van der Waals surface area contributed by atoms with Crippen molar-refractivity contribution in [2.75, 3.05) is 64.8 Å². The van der Waals surface area contributed by atoms with Crippen LogP contribution < -0.4 is 39.9 Å². The molecule has 2 N–H and O–H groups in total. The van der Waals surface area contributed by atoms with Gasteiger partial charge in [0.25, 0.3) is 0 Å². The number of carbonyl (C=O) groups is 2. The lowest BCUT2D eigenvalue weighted by Crippen LogP contribution is -2.54. The third-order valence-electron chi connectivity index (χ3n) is 9.18. The Hall–Kier alpha value is -4.93. The van der Waals surface area contributed by atoms with Crippen LogP contribution in [0.4, 0.5) is 11.4 Å². The summed E-state index contributed by atoms with van der Waals surface area (Å²) in [4.78, 5) is 44.3. The van der Waals surface area contributed by atoms with Gasteiger partial charge in [-0.15, -0.1) is 0 Å². The van der Waals surface area contributed by atoms with Crippen molar-refractivity contribution in [2.45, 2.75) is 45.7 Å². The molecule has 11 nitrogen and oxygen atoms in total. The Kier molecular flexibility index (Phi) is 10.7. The molecular formula is C37H46N4O7. The summed E-state index contributed by atoms with van der Waals surface area (Å²) < 4.78 is 22.8. The lowest BCUT2D eigenvalue weighted by molar-refractivity contribution is -0.133. The fraction of sp³-hybridized carbons (Fsp3) is 0.432. The van der Waals surface area contributed by atoms with Crippen molar-refractivity contribution in [2.24, 2.45) is 5.92 Å². The van der Waals surface area contributed by atoms with Crippen LogP contribution in [-0.2, 0) is 16.0 Å². The number of nitrogens with zero attached hydrogens (tertiary/aromatic N) is 2. The highest BCUT2D eigenvalue weighted by atomic mass is 16.5. The molecule has 48 heavy (non-hydrogen) atoms. The molecular weight excluding hydrogens is 612 g/mol. The number of hydrogen-bond donors (Lipinski definition) is 2. The molecule has 3 aromatic rings. The number of ether oxygens (including phenoxy) is 4. The van der Waals surface area contributed by atoms with Crippen molar-refractivity contribution in [1.82, 2.24) is 10.2 Å². The smallest absolute Gasteiger partial charge is 0.245 e. The molecule has 0 aromatic heterocycles. The van der Waals surface area contributed by atoms with Gasteiger partial charge in [-0.1, -0.05) is 32.0 Å². The molecule has 0 saturated carbocycles. The molecule has 1 saturated heterocycles. The number of hydrogen-bond acceptors (Lipinski definition) is 9. The number of amides is 2. The van der Waals surface area contributed by atoms with Crippen LogP contribution in [0.1, 0.15) is 44.4 Å². The molecule has 256 valence electrons. The molecule has 2 atom stereocenters. The molecule has 0 spiro atoms. The molecule has 2 amide bonds. The zero-order chi connectivity index (χ0) is 34.5. The molecule has 1 aliphatic carbocycles. The third kappa shape index (κ3) is 6.86. The van der Waals surface area contributed by atoms with Gasteiger partial charge in [-0.3, -0.25) is 14.4 Å². The Morgan fingerprint density at radius 2 is 1.54 bits per heavy atom. The molecule has 11 heteroatoms. The quantitative estimate of drug-likeness (QED) is 0.321. The van der Waals surface area contributed by atoms with E-state index >= 15 is 0 Å². The summed E-state index contributed by atoms with van der Waals surface area (Å²) in [6.07, 6.45) is 1.15. The van der Waals surface area contributed by atoms with E-state index in [2.05, 4.69) is 15.5 Å². The largest absolute Gasteiger partial charge is 0.495 e. The van der Waals surface area contributed by atoms with Gasteiger partial charge in [0.2, 0.25) is 23.0 Å². The molecule has 2 unspecified atom stereocenters. The van der Waals surface area contributed by atoms with E-state index in [0.29, 0.717) is 67.5 Å². The lowest BCUT2D eigenvalue weighted by atomic mass is 9.95. The Balaban J connectivity index is 1.49. The number of anilines is 2. The first-order valence-corrected chi connectivity index (χ1v) is 16.3. The van der Waals surface area contributed by atoms with Gasteiger partial charge < -0.3 is 39.4 Å². The Morgan fingerprint density at radius 3 is 2.17 bits per heavy atom. The van der Waals surface area contributed by atoms with E-state index in [4.69, 9.17) is 18.9 Å². The van der Waals surface area contributed by atoms with E-state index in [-0.39, 0.29) is 23.2 Å². The van der Waals surface area contributed by atoms with E-state index in [1.54, 1.807) is 40.6 Å². The molecule has 0 radical (unpaired) electrons. The maximum Gasteiger partial charge on any atom is 0.245 e. The van der Waals surface area contributed by atoms with Crippen LogP contribution in [0.25, 0.3) is 11.1 Å². The number of fused-ring (bicyclic) bond motifs is 3. The van der Waals surface area contributed by atoms with Crippen molar-refractivity contribution in [3.63, 3.8) is 0 Å². The van der Waals surface area contributed by atoms with Crippen LogP contribution in [0.2, 0.25) is 0 Å². The minimum atomic E-state index is -0.630. The van der Waals surface area contributed by atoms with Gasteiger partial charge in [-0.2, -0.15) is 0 Å². The molecule has 5 rings (SSSR count). The molecule has 1 heterocycles. The fourth-order valence-electron chi connectivity index (χ4n) is 6.76. The van der Waals surface area contributed by atoms with Crippen molar-refractivity contribution < 1.29 is 28.5 Å². The van der Waals surface area contributed by atoms with Crippen molar-refractivity contribution in [1.29, 1.82) is 0 Å². The van der Waals surface area contributed by atoms with Crippen LogP contribution in [0.3, 0.4) is 0 Å². The average molecular weight is 659 g/mol. The van der Waals surface area contributed by atoms with Crippen LogP contribution >= 0.6 is 0 Å². The first-order valence-electron chi connectivity index (χ1n) is 16.3. The topological polar surface area (TPSA) is 119 Å². The highest BCUT2D eigenvalue weighted by molar-refractivity contribution is 5.86. The Bertz CT molecular complexity index is 1720. The maximum absolute atomic E-state index is 14.0. The Morgan fingerprint density at radius 1 is 0.854 bits per heavy atom. The van der Waals surface area contributed by atoms with Gasteiger partial charge in [0.1, 0.15) is 11.8 Å². The second kappa shape index (κ2) is 14.9. The summed E-state index contributed by atoms with van der Waals surface area (Å²) in [5.41, 5.74) is 4.11. The summed E-state index contributed by atoms with van der Waals surface area (Å²) in [5.74, 6) is 1.89. The Labute approximate surface area is 282 Å². The highest BCUT2D eigenvalue weighted by Gasteiger charge is 2.32. The molecule has 1 aliphatic heterocycles. The van der Waals surface area contributed by atoms with E-state index in [1.165, 1.54) is 6.92 Å². The predicted octanol–water partition coefficient (Wildman–Crippen LogP) is 4.66. The minimum Gasteiger partial charge on any atom is -0.495 e. The second-order valence-electron chi connectivity index (χ2n) is 12.4. The van der Waals surface area contributed by atoms with Gasteiger partial charge in [-0.25, -0.2) is 0 Å². The zero-order valence-corrected chi connectivity index (χ0v) is 28.8. The van der Waals surface area contributed by atoms with E-state index in [1.807, 2.05) is 55.1 Å². The number of methoxy groups -OCH3 is 4. The predicted molar refractivity (Wildman–Crippen MR) is 187 cm³/mol. The molecule has 1 fully saturated rings. The van der Waals surface area contributed by atoms with Crippen molar-refractivity contribution in [3.05, 3.63) is 69.9 Å². The van der Waals surface area contributed by atoms with E-state index < -0.39 is 12.1 Å². The monoisotopic (exact) mass is 658 g/mol. The first-order chi connectivity index (χ1) is 23.1. The van der Waals surface area contributed by atoms with Crippen molar-refractivity contribution >= 4 is 23.2 Å². The highest BCUT2D eigenvalue weighted by Crippen LogP contribution is 2.50. The van der Waals surface area contributed by atoms with Gasteiger partial charge in [-0.05, 0) is 65.8 Å². The number of piperazine rings is 1. The maximum atomic E-state index is 14.0. The van der Waals surface area contributed by atoms with Gasteiger partial charge >= 0.3 is 0 Å². The van der Waals surface area contributed by atoms with Gasteiger partial charge in [0, 0.05) is 38.7 Å². The van der Waals surface area contributed by atoms with Crippen LogP contribution in [0.15, 0.2) is 53.3 Å². The number of benzene rings is 2. The average Bonchev–Trinajstić information content (AvgIpc) is 3.33. The minimum absolute atomic E-state index is 0.0582. The number of rotatable bonds is 10. The van der Waals surface area contributed by atoms with Gasteiger partial charge in [0.15, 0.2) is 11.5 Å². The molecule has 2 aliphatic rings. The molecule has 3 aromatic carbocycles. The van der Waals surface area contributed by atoms with E-state index in [9.17, 15) is 14.4 Å². The summed E-state index contributed by atoms with van der Waals surface area (Å²) in [5, 5.41) is 6.35. The van der Waals surface area contributed by atoms with Crippen molar-refractivity contribution in [3.8, 4) is 34.1 Å². The van der Waals surface area contributed by atoms with Crippen LogP contribution in [0.5, 0.6) is 23.0 Å². The first kappa shape index (κ1) is 34.4. The number of aryl methyl sites for hydroxylation is 1. The fourth-order valence-corrected chi connectivity index (χ4v) is 6.76. The summed E-state index contributed by atoms with van der Waals surface area (Å²) in [7, 11) is 6.35. The number of nitrogens with one attached hydrogen (secondary N) is 2. The normalized spacial score (nSPS) is 16.2. The zero-order valence-electron chi connectivity index (χ0n) is 28.8. The molecule has 0 bridgehead atoms. The third-order valence-corrected chi connectivity index (χ3v) is 9.18. The summed E-state index contributed by atoms with van der Waals surface area (Å²) in [6, 6.07) is 13.9. The standard InChI is InChI=1S/C37H46N4O7/c1-22(2)34(37(44)41-18-16-40(17-19-41)29-10-8-9-11-31(29)45-4)39-28-15-13-25-26(21-30(28)43)27(38-23(3)42)14-12-24-20-32(46-5)35(47-6)36(48-7)33(24)25/h8-11,13,15,20-22,27,34H,12,14,16-19H2,1-7H3,(H,38,42)(H,39,43). The van der Waals surface area contributed by atoms with E-state index in [0.717, 1.165) is 28.1 Å². The van der Waals surface area contributed by atoms with Crippen LogP contribution in [0, 0.1) is 5.92 Å². The number of carbonyl (C=O) groups excluding carboxylic acids is 2. The summed E-state index contributed by atoms with van der Waals surface area (Å²) >= 11 is 0. The lowest BCUT2D eigenvalue weighted by Gasteiger charge is -2.38.